The van der Waals surface area contributed by atoms with E-state index in [1.54, 1.807) is 23.6 Å². The number of fused-ring (bicyclic) bond motifs is 1. The van der Waals surface area contributed by atoms with E-state index in [0.29, 0.717) is 23.9 Å². The Kier molecular flexibility index (Phi) is 5.72. The first-order valence-corrected chi connectivity index (χ1v) is 10.8. The van der Waals surface area contributed by atoms with Crippen molar-refractivity contribution in [2.75, 3.05) is 18.2 Å². The van der Waals surface area contributed by atoms with E-state index < -0.39 is 0 Å². The molecule has 0 spiro atoms. The number of amides is 1. The SMILES string of the molecule is COc1cccc([C@@H]2SCC(=O)Nc3c2c(C)nn3C)c1OCc1ccccc1C. The third-order valence-corrected chi connectivity index (χ3v) is 6.57. The van der Waals surface area contributed by atoms with E-state index in [1.807, 2.05) is 44.3 Å². The number of para-hydroxylation sites is 1. The van der Waals surface area contributed by atoms with Gasteiger partial charge in [-0.25, -0.2) is 0 Å². The first-order valence-electron chi connectivity index (χ1n) is 9.78. The summed E-state index contributed by atoms with van der Waals surface area (Å²) in [6, 6.07) is 14.1. The van der Waals surface area contributed by atoms with Gasteiger partial charge < -0.3 is 14.8 Å². The Hall–Kier alpha value is -2.93. The molecule has 0 aliphatic carbocycles. The number of carbonyl (C=O) groups is 1. The Labute approximate surface area is 180 Å². The highest BCUT2D eigenvalue weighted by atomic mass is 32.2. The Morgan fingerprint density at radius 1 is 1.20 bits per heavy atom. The lowest BCUT2D eigenvalue weighted by molar-refractivity contribution is -0.113. The molecule has 1 aliphatic rings. The van der Waals surface area contributed by atoms with Gasteiger partial charge in [0.05, 0.1) is 23.8 Å². The zero-order chi connectivity index (χ0) is 21.3. The van der Waals surface area contributed by atoms with Crippen LogP contribution in [0.25, 0.3) is 0 Å². The Bertz CT molecular complexity index is 1090. The van der Waals surface area contributed by atoms with Gasteiger partial charge in [0, 0.05) is 18.2 Å². The van der Waals surface area contributed by atoms with Crippen LogP contribution in [0.5, 0.6) is 11.5 Å². The standard InChI is InChI=1S/C23H25N3O3S/c1-14-8-5-6-9-16(14)12-29-21-17(10-7-11-18(21)28-4)22-20-15(2)25-26(3)23(20)24-19(27)13-30-22/h5-11,22H,12-13H2,1-4H3,(H,24,27)/t22-/m0/s1. The molecule has 3 aromatic rings. The summed E-state index contributed by atoms with van der Waals surface area (Å²) in [5.74, 6) is 2.43. The minimum Gasteiger partial charge on any atom is -0.493 e. The second-order valence-corrected chi connectivity index (χ2v) is 8.40. The zero-order valence-electron chi connectivity index (χ0n) is 17.6. The van der Waals surface area contributed by atoms with Crippen LogP contribution in [0.1, 0.15) is 33.2 Å². The maximum absolute atomic E-state index is 12.3. The smallest absolute Gasteiger partial charge is 0.235 e. The molecule has 1 N–H and O–H groups in total. The number of hydrogen-bond donors (Lipinski definition) is 1. The van der Waals surface area contributed by atoms with Gasteiger partial charge >= 0.3 is 0 Å². The van der Waals surface area contributed by atoms with E-state index in [4.69, 9.17) is 9.47 Å². The molecule has 30 heavy (non-hydrogen) atoms. The average molecular weight is 424 g/mol. The van der Waals surface area contributed by atoms with Gasteiger partial charge in [0.2, 0.25) is 5.91 Å². The van der Waals surface area contributed by atoms with Gasteiger partial charge in [-0.15, -0.1) is 11.8 Å². The number of hydrogen-bond acceptors (Lipinski definition) is 5. The lowest BCUT2D eigenvalue weighted by Crippen LogP contribution is -2.15. The van der Waals surface area contributed by atoms with Crippen LogP contribution in [-0.2, 0) is 18.4 Å². The monoisotopic (exact) mass is 423 g/mol. The van der Waals surface area contributed by atoms with Crippen molar-refractivity contribution in [2.45, 2.75) is 25.7 Å². The minimum absolute atomic E-state index is 0.0305. The summed E-state index contributed by atoms with van der Waals surface area (Å²) in [7, 11) is 3.49. The predicted molar refractivity (Wildman–Crippen MR) is 119 cm³/mol. The van der Waals surface area contributed by atoms with Crippen molar-refractivity contribution in [2.24, 2.45) is 7.05 Å². The number of aryl methyl sites for hydroxylation is 3. The Balaban J connectivity index is 1.78. The molecular weight excluding hydrogens is 398 g/mol. The van der Waals surface area contributed by atoms with E-state index in [0.717, 1.165) is 28.2 Å². The van der Waals surface area contributed by atoms with E-state index in [9.17, 15) is 4.79 Å². The van der Waals surface area contributed by atoms with Crippen LogP contribution in [0.4, 0.5) is 5.82 Å². The highest BCUT2D eigenvalue weighted by molar-refractivity contribution is 8.00. The number of nitrogens with one attached hydrogen (secondary N) is 1. The van der Waals surface area contributed by atoms with Gasteiger partial charge in [0.15, 0.2) is 11.5 Å². The first-order chi connectivity index (χ1) is 14.5. The second-order valence-electron chi connectivity index (χ2n) is 7.30. The molecule has 2 aromatic carbocycles. The molecule has 1 aromatic heterocycles. The van der Waals surface area contributed by atoms with Crippen LogP contribution in [0.3, 0.4) is 0 Å². The number of ether oxygens (including phenoxy) is 2. The molecule has 1 aliphatic heterocycles. The summed E-state index contributed by atoms with van der Waals surface area (Å²) in [6.45, 7) is 4.48. The minimum atomic E-state index is -0.102. The van der Waals surface area contributed by atoms with Crippen molar-refractivity contribution in [3.05, 3.63) is 70.4 Å². The fourth-order valence-corrected chi connectivity index (χ4v) is 4.97. The molecular formula is C23H25N3O3S. The number of methoxy groups -OCH3 is 1. The lowest BCUT2D eigenvalue weighted by Gasteiger charge is -2.21. The number of rotatable bonds is 5. The molecule has 0 saturated heterocycles. The summed E-state index contributed by atoms with van der Waals surface area (Å²) in [6.07, 6.45) is 0. The fraction of sp³-hybridized carbons (Fsp3) is 0.304. The number of aromatic nitrogens is 2. The second kappa shape index (κ2) is 8.44. The van der Waals surface area contributed by atoms with Crippen LogP contribution in [0.15, 0.2) is 42.5 Å². The van der Waals surface area contributed by atoms with Gasteiger partial charge in [-0.1, -0.05) is 36.4 Å². The van der Waals surface area contributed by atoms with Crippen LogP contribution in [-0.4, -0.2) is 28.6 Å². The molecule has 0 radical (unpaired) electrons. The van der Waals surface area contributed by atoms with E-state index in [2.05, 4.69) is 29.5 Å². The molecule has 2 heterocycles. The molecule has 0 bridgehead atoms. The van der Waals surface area contributed by atoms with Gasteiger partial charge in [0.25, 0.3) is 0 Å². The summed E-state index contributed by atoms with van der Waals surface area (Å²) in [4.78, 5) is 12.3. The summed E-state index contributed by atoms with van der Waals surface area (Å²) in [5.41, 5.74) is 5.17. The number of thioether (sulfide) groups is 1. The molecule has 156 valence electrons. The predicted octanol–water partition coefficient (Wildman–Crippen LogP) is 4.40. The molecule has 1 atom stereocenters. The molecule has 4 rings (SSSR count). The largest absolute Gasteiger partial charge is 0.493 e. The summed E-state index contributed by atoms with van der Waals surface area (Å²) >= 11 is 1.57. The quantitative estimate of drug-likeness (QED) is 0.659. The number of carbonyl (C=O) groups excluding carboxylic acids is 1. The Morgan fingerprint density at radius 3 is 2.77 bits per heavy atom. The van der Waals surface area contributed by atoms with Crippen molar-refractivity contribution in [1.82, 2.24) is 9.78 Å². The molecule has 0 saturated carbocycles. The van der Waals surface area contributed by atoms with Crippen molar-refractivity contribution in [3.8, 4) is 11.5 Å². The van der Waals surface area contributed by atoms with Gasteiger partial charge in [-0.2, -0.15) is 5.10 Å². The zero-order valence-corrected chi connectivity index (χ0v) is 18.4. The number of benzene rings is 2. The maximum atomic E-state index is 12.3. The van der Waals surface area contributed by atoms with Crippen LogP contribution >= 0.6 is 11.8 Å². The lowest BCUT2D eigenvalue weighted by atomic mass is 10.0. The molecule has 0 fully saturated rings. The van der Waals surface area contributed by atoms with Crippen LogP contribution in [0.2, 0.25) is 0 Å². The van der Waals surface area contributed by atoms with Gasteiger partial charge in [-0.05, 0) is 31.0 Å². The van der Waals surface area contributed by atoms with Crippen molar-refractivity contribution in [3.63, 3.8) is 0 Å². The average Bonchev–Trinajstić information content (AvgIpc) is 2.90. The Morgan fingerprint density at radius 2 is 2.00 bits per heavy atom. The normalized spacial score (nSPS) is 15.9. The summed E-state index contributed by atoms with van der Waals surface area (Å²) in [5, 5.41) is 7.43. The third kappa shape index (κ3) is 3.77. The maximum Gasteiger partial charge on any atom is 0.235 e. The highest BCUT2D eigenvalue weighted by Crippen LogP contribution is 2.48. The number of nitrogens with zero attached hydrogens (tertiary/aromatic N) is 2. The molecule has 0 unspecified atom stereocenters. The van der Waals surface area contributed by atoms with Crippen molar-refractivity contribution < 1.29 is 14.3 Å². The van der Waals surface area contributed by atoms with Crippen LogP contribution in [0, 0.1) is 13.8 Å². The molecule has 7 heteroatoms. The first kappa shape index (κ1) is 20.3. The number of anilines is 1. The summed E-state index contributed by atoms with van der Waals surface area (Å²) < 4.78 is 13.7. The van der Waals surface area contributed by atoms with E-state index in [-0.39, 0.29) is 11.2 Å². The molecule has 6 nitrogen and oxygen atoms in total. The fourth-order valence-electron chi connectivity index (χ4n) is 3.77. The van der Waals surface area contributed by atoms with Crippen molar-refractivity contribution in [1.29, 1.82) is 0 Å². The van der Waals surface area contributed by atoms with Crippen LogP contribution < -0.4 is 14.8 Å². The topological polar surface area (TPSA) is 65.4 Å². The van der Waals surface area contributed by atoms with E-state index in [1.165, 1.54) is 5.56 Å². The highest BCUT2D eigenvalue weighted by Gasteiger charge is 2.32. The van der Waals surface area contributed by atoms with Gasteiger partial charge in [0.1, 0.15) is 12.4 Å². The van der Waals surface area contributed by atoms with E-state index >= 15 is 0 Å². The molecule has 1 amide bonds. The third-order valence-electron chi connectivity index (χ3n) is 5.31. The van der Waals surface area contributed by atoms with Crippen molar-refractivity contribution >= 4 is 23.5 Å². The van der Waals surface area contributed by atoms with Gasteiger partial charge in [-0.3, -0.25) is 9.48 Å².